The number of Topliss-reactive ketones (excluding diaryl/α,β-unsaturated/α-hetero) is 1. The maximum atomic E-state index is 12.4. The van der Waals surface area contributed by atoms with E-state index in [-0.39, 0.29) is 24.3 Å². The molecule has 0 aromatic heterocycles. The normalized spacial score (nSPS) is 11.3. The van der Waals surface area contributed by atoms with Crippen molar-refractivity contribution in [2.24, 2.45) is 0 Å². The van der Waals surface area contributed by atoms with Crippen LogP contribution in [0, 0.1) is 0 Å². The number of ketones is 1. The first-order chi connectivity index (χ1) is 12.6. The SMILES string of the molecule is CC(C)OC(=O)CC(C)(C)Oc1ccc(C(=O)Cc2ccc(Cl)cc2)cc1. The van der Waals surface area contributed by atoms with Gasteiger partial charge < -0.3 is 9.47 Å². The molecule has 0 unspecified atom stereocenters. The smallest absolute Gasteiger partial charge is 0.310 e. The molecule has 0 bridgehead atoms. The molecular formula is C22H25ClO4. The minimum atomic E-state index is -0.708. The Morgan fingerprint density at radius 3 is 2.15 bits per heavy atom. The maximum Gasteiger partial charge on any atom is 0.310 e. The molecule has 0 saturated carbocycles. The van der Waals surface area contributed by atoms with Crippen LogP contribution in [-0.4, -0.2) is 23.5 Å². The van der Waals surface area contributed by atoms with E-state index in [1.165, 1.54) is 0 Å². The van der Waals surface area contributed by atoms with Crippen LogP contribution in [0.15, 0.2) is 48.5 Å². The van der Waals surface area contributed by atoms with E-state index in [9.17, 15) is 9.59 Å². The lowest BCUT2D eigenvalue weighted by Gasteiger charge is -2.26. The number of halogens is 1. The number of esters is 1. The summed E-state index contributed by atoms with van der Waals surface area (Å²) in [5.41, 5.74) is 0.810. The van der Waals surface area contributed by atoms with Crippen LogP contribution in [0.5, 0.6) is 5.75 Å². The zero-order chi connectivity index (χ0) is 20.0. The van der Waals surface area contributed by atoms with Gasteiger partial charge in [-0.2, -0.15) is 0 Å². The van der Waals surface area contributed by atoms with Gasteiger partial charge in [-0.15, -0.1) is 0 Å². The Morgan fingerprint density at radius 1 is 1.00 bits per heavy atom. The van der Waals surface area contributed by atoms with Crippen LogP contribution in [0.25, 0.3) is 0 Å². The maximum absolute atomic E-state index is 12.4. The van der Waals surface area contributed by atoms with E-state index in [4.69, 9.17) is 21.1 Å². The zero-order valence-electron chi connectivity index (χ0n) is 16.1. The zero-order valence-corrected chi connectivity index (χ0v) is 16.9. The lowest BCUT2D eigenvalue weighted by atomic mass is 10.0. The van der Waals surface area contributed by atoms with Gasteiger partial charge in [-0.05, 0) is 69.7 Å². The van der Waals surface area contributed by atoms with E-state index in [0.717, 1.165) is 5.56 Å². The van der Waals surface area contributed by atoms with Crippen molar-refractivity contribution in [2.45, 2.75) is 52.2 Å². The van der Waals surface area contributed by atoms with E-state index < -0.39 is 5.60 Å². The van der Waals surface area contributed by atoms with Crippen molar-refractivity contribution in [1.29, 1.82) is 0 Å². The summed E-state index contributed by atoms with van der Waals surface area (Å²) in [6.45, 7) is 7.28. The van der Waals surface area contributed by atoms with Crippen LogP contribution in [0.2, 0.25) is 5.02 Å². The number of hydrogen-bond donors (Lipinski definition) is 0. The second kappa shape index (κ2) is 9.05. The summed E-state index contributed by atoms with van der Waals surface area (Å²) in [4.78, 5) is 24.3. The molecule has 144 valence electrons. The summed E-state index contributed by atoms with van der Waals surface area (Å²) in [6.07, 6.45) is 0.297. The fraction of sp³-hybridized carbons (Fsp3) is 0.364. The summed E-state index contributed by atoms with van der Waals surface area (Å²) >= 11 is 5.86. The third-order valence-electron chi connectivity index (χ3n) is 3.79. The van der Waals surface area contributed by atoms with E-state index >= 15 is 0 Å². The van der Waals surface area contributed by atoms with Crippen LogP contribution in [0.3, 0.4) is 0 Å². The van der Waals surface area contributed by atoms with Gasteiger partial charge >= 0.3 is 5.97 Å². The van der Waals surface area contributed by atoms with E-state index in [1.807, 2.05) is 39.8 Å². The highest BCUT2D eigenvalue weighted by atomic mass is 35.5. The van der Waals surface area contributed by atoms with Crippen molar-refractivity contribution in [2.75, 3.05) is 0 Å². The lowest BCUT2D eigenvalue weighted by Crippen LogP contribution is -2.32. The molecule has 4 nitrogen and oxygen atoms in total. The fourth-order valence-corrected chi connectivity index (χ4v) is 2.73. The third-order valence-corrected chi connectivity index (χ3v) is 4.04. The Labute approximate surface area is 165 Å². The van der Waals surface area contributed by atoms with Gasteiger partial charge in [0.1, 0.15) is 11.4 Å². The highest BCUT2D eigenvalue weighted by Crippen LogP contribution is 2.23. The number of rotatable bonds is 8. The highest BCUT2D eigenvalue weighted by Gasteiger charge is 2.25. The monoisotopic (exact) mass is 388 g/mol. The molecule has 0 aliphatic carbocycles. The average molecular weight is 389 g/mol. The number of hydrogen-bond acceptors (Lipinski definition) is 4. The van der Waals surface area contributed by atoms with Gasteiger partial charge in [-0.3, -0.25) is 9.59 Å². The Kier molecular flexibility index (Phi) is 7.03. The number of benzene rings is 2. The van der Waals surface area contributed by atoms with Crippen LogP contribution in [0.1, 0.15) is 50.0 Å². The first-order valence-electron chi connectivity index (χ1n) is 8.91. The molecule has 0 spiro atoms. The van der Waals surface area contributed by atoms with Crippen molar-refractivity contribution in [1.82, 2.24) is 0 Å². The quantitative estimate of drug-likeness (QED) is 0.457. The van der Waals surface area contributed by atoms with E-state index in [0.29, 0.717) is 22.8 Å². The highest BCUT2D eigenvalue weighted by molar-refractivity contribution is 6.30. The largest absolute Gasteiger partial charge is 0.487 e. The summed E-state index contributed by atoms with van der Waals surface area (Å²) in [5.74, 6) is 0.314. The summed E-state index contributed by atoms with van der Waals surface area (Å²) < 4.78 is 11.1. The number of ether oxygens (including phenoxy) is 2. The van der Waals surface area contributed by atoms with Crippen LogP contribution < -0.4 is 4.74 Å². The Balaban J connectivity index is 1.96. The molecule has 2 rings (SSSR count). The Bertz CT molecular complexity index is 777. The average Bonchev–Trinajstić information content (AvgIpc) is 2.55. The molecule has 0 saturated heterocycles. The molecule has 0 atom stereocenters. The number of carbonyl (C=O) groups excluding carboxylic acids is 2. The van der Waals surface area contributed by atoms with Gasteiger partial charge in [-0.25, -0.2) is 0 Å². The second-order valence-electron chi connectivity index (χ2n) is 7.33. The van der Waals surface area contributed by atoms with Crippen molar-refractivity contribution >= 4 is 23.4 Å². The molecule has 5 heteroatoms. The van der Waals surface area contributed by atoms with Gasteiger partial charge in [-0.1, -0.05) is 23.7 Å². The third kappa shape index (κ3) is 7.06. The van der Waals surface area contributed by atoms with E-state index in [1.54, 1.807) is 36.4 Å². The summed E-state index contributed by atoms with van der Waals surface area (Å²) in [5, 5.41) is 0.646. The molecule has 0 amide bonds. The predicted octanol–water partition coefficient (Wildman–Crippen LogP) is 5.26. The first kappa shape index (κ1) is 21.0. The van der Waals surface area contributed by atoms with Gasteiger partial charge in [0.05, 0.1) is 12.5 Å². The predicted molar refractivity (Wildman–Crippen MR) is 106 cm³/mol. The van der Waals surface area contributed by atoms with Gasteiger partial charge in [0.2, 0.25) is 0 Å². The Hall–Kier alpha value is -2.33. The second-order valence-corrected chi connectivity index (χ2v) is 7.76. The summed E-state index contributed by atoms with van der Waals surface area (Å²) in [7, 11) is 0. The molecule has 0 aliphatic rings. The van der Waals surface area contributed by atoms with Gasteiger partial charge in [0.15, 0.2) is 5.78 Å². The van der Waals surface area contributed by atoms with Crippen molar-refractivity contribution < 1.29 is 19.1 Å². The van der Waals surface area contributed by atoms with Crippen LogP contribution in [0.4, 0.5) is 0 Å². The summed E-state index contributed by atoms with van der Waals surface area (Å²) in [6, 6.07) is 14.2. The Morgan fingerprint density at radius 2 is 1.59 bits per heavy atom. The standard InChI is InChI=1S/C22H25ClO4/c1-15(2)26-21(25)14-22(3,4)27-19-11-7-17(8-12-19)20(24)13-16-5-9-18(23)10-6-16/h5-12,15H,13-14H2,1-4H3. The minimum Gasteiger partial charge on any atom is -0.487 e. The molecule has 0 aliphatic heterocycles. The molecule has 27 heavy (non-hydrogen) atoms. The molecular weight excluding hydrogens is 364 g/mol. The molecule has 0 heterocycles. The van der Waals surface area contributed by atoms with Crippen molar-refractivity contribution in [3.05, 3.63) is 64.7 Å². The van der Waals surface area contributed by atoms with Gasteiger partial charge in [0, 0.05) is 17.0 Å². The van der Waals surface area contributed by atoms with Crippen LogP contribution in [-0.2, 0) is 16.0 Å². The van der Waals surface area contributed by atoms with Crippen molar-refractivity contribution in [3.63, 3.8) is 0 Å². The lowest BCUT2D eigenvalue weighted by molar-refractivity contribution is -0.151. The molecule has 2 aromatic carbocycles. The molecule has 2 aromatic rings. The van der Waals surface area contributed by atoms with E-state index in [2.05, 4.69) is 0 Å². The van der Waals surface area contributed by atoms with Gasteiger partial charge in [0.25, 0.3) is 0 Å². The topological polar surface area (TPSA) is 52.6 Å². The molecule has 0 fully saturated rings. The molecule has 0 radical (unpaired) electrons. The first-order valence-corrected chi connectivity index (χ1v) is 9.28. The van der Waals surface area contributed by atoms with Crippen LogP contribution >= 0.6 is 11.6 Å². The minimum absolute atomic E-state index is 0.0173. The fourth-order valence-electron chi connectivity index (χ4n) is 2.61. The molecule has 0 N–H and O–H groups in total. The number of carbonyl (C=O) groups is 2. The van der Waals surface area contributed by atoms with Crippen molar-refractivity contribution in [3.8, 4) is 5.75 Å².